The molecule has 0 spiro atoms. The Morgan fingerprint density at radius 3 is 2.76 bits per heavy atom. The number of nitrogens with one attached hydrogen (secondary N) is 1. The predicted molar refractivity (Wildman–Crippen MR) is 65.1 cm³/mol. The van der Waals surface area contributed by atoms with E-state index in [1.807, 2.05) is 6.07 Å². The maximum atomic E-state index is 11.6. The van der Waals surface area contributed by atoms with Crippen molar-refractivity contribution in [3.63, 3.8) is 0 Å². The quantitative estimate of drug-likeness (QED) is 0.789. The first kappa shape index (κ1) is 12.8. The van der Waals surface area contributed by atoms with Gasteiger partial charge in [-0.25, -0.2) is 4.98 Å². The lowest BCUT2D eigenvalue weighted by Gasteiger charge is -2.19. The van der Waals surface area contributed by atoms with Crippen LogP contribution < -0.4 is 11.1 Å². The molecule has 90 valence electrons. The van der Waals surface area contributed by atoms with Crippen molar-refractivity contribution < 1.29 is 4.79 Å². The minimum Gasteiger partial charge on any atom is -0.396 e. The number of anilines is 2. The Kier molecular flexibility index (Phi) is 3.88. The molecule has 0 aromatic carbocycles. The molecule has 0 saturated carbocycles. The molecule has 0 fully saturated rings. The van der Waals surface area contributed by atoms with Crippen LogP contribution in [-0.2, 0) is 4.79 Å². The number of nitriles is 1. The number of amides is 1. The van der Waals surface area contributed by atoms with E-state index in [0.29, 0.717) is 17.1 Å². The Morgan fingerprint density at radius 1 is 1.65 bits per heavy atom. The zero-order valence-corrected chi connectivity index (χ0v) is 10.1. The molecule has 3 N–H and O–H groups in total. The van der Waals surface area contributed by atoms with Gasteiger partial charge >= 0.3 is 0 Å². The van der Waals surface area contributed by atoms with Crippen molar-refractivity contribution in [1.82, 2.24) is 9.88 Å². The molecule has 1 aromatic rings. The van der Waals surface area contributed by atoms with E-state index in [9.17, 15) is 4.79 Å². The number of aromatic nitrogens is 1. The molecule has 1 rings (SSSR count). The van der Waals surface area contributed by atoms with Gasteiger partial charge in [-0.1, -0.05) is 0 Å². The van der Waals surface area contributed by atoms with Crippen molar-refractivity contribution in [3.8, 4) is 6.07 Å². The average molecular weight is 233 g/mol. The molecule has 0 saturated heterocycles. The van der Waals surface area contributed by atoms with Gasteiger partial charge in [-0.15, -0.1) is 0 Å². The summed E-state index contributed by atoms with van der Waals surface area (Å²) >= 11 is 0. The predicted octanol–water partition coefficient (Wildman–Crippen LogP) is 0.424. The summed E-state index contributed by atoms with van der Waals surface area (Å²) in [6.07, 6.45) is 1.41. The number of nitrogen functional groups attached to an aromatic ring is 1. The number of hydrogen-bond donors (Lipinski definition) is 2. The molecule has 1 heterocycles. The van der Waals surface area contributed by atoms with Crippen LogP contribution in [0.5, 0.6) is 0 Å². The lowest BCUT2D eigenvalue weighted by molar-refractivity contribution is -0.129. The van der Waals surface area contributed by atoms with E-state index in [4.69, 9.17) is 11.0 Å². The summed E-state index contributed by atoms with van der Waals surface area (Å²) in [4.78, 5) is 17.1. The van der Waals surface area contributed by atoms with Crippen molar-refractivity contribution in [2.24, 2.45) is 0 Å². The van der Waals surface area contributed by atoms with Gasteiger partial charge in [0.1, 0.15) is 17.9 Å². The van der Waals surface area contributed by atoms with Crippen LogP contribution in [0.25, 0.3) is 0 Å². The maximum absolute atomic E-state index is 11.6. The van der Waals surface area contributed by atoms with Gasteiger partial charge in [-0.3, -0.25) is 4.79 Å². The average Bonchev–Trinajstić information content (AvgIpc) is 2.30. The second-order valence-electron chi connectivity index (χ2n) is 3.87. The standard InChI is InChI=1S/C11H15N5O/c1-7(11(17)16(2)3)15-10-9(13)4-8(5-12)6-14-10/h4,6-7H,13H2,1-3H3,(H,14,15). The summed E-state index contributed by atoms with van der Waals surface area (Å²) in [6.45, 7) is 1.72. The van der Waals surface area contributed by atoms with E-state index >= 15 is 0 Å². The molecule has 6 heteroatoms. The highest BCUT2D eigenvalue weighted by molar-refractivity contribution is 5.84. The highest BCUT2D eigenvalue weighted by atomic mass is 16.2. The first-order chi connectivity index (χ1) is 7.95. The molecular weight excluding hydrogens is 218 g/mol. The van der Waals surface area contributed by atoms with Crippen LogP contribution in [0.4, 0.5) is 11.5 Å². The summed E-state index contributed by atoms with van der Waals surface area (Å²) in [7, 11) is 3.35. The van der Waals surface area contributed by atoms with E-state index in [0.717, 1.165) is 0 Å². The Morgan fingerprint density at radius 2 is 2.29 bits per heavy atom. The van der Waals surface area contributed by atoms with Crippen LogP contribution in [-0.4, -0.2) is 35.9 Å². The molecule has 0 aliphatic rings. The van der Waals surface area contributed by atoms with Gasteiger partial charge in [0, 0.05) is 20.3 Å². The van der Waals surface area contributed by atoms with Gasteiger partial charge in [0.25, 0.3) is 0 Å². The largest absolute Gasteiger partial charge is 0.396 e. The highest BCUT2D eigenvalue weighted by Crippen LogP contribution is 2.17. The van der Waals surface area contributed by atoms with Gasteiger partial charge in [-0.05, 0) is 13.0 Å². The summed E-state index contributed by atoms with van der Waals surface area (Å²) in [5, 5.41) is 11.6. The normalized spacial score (nSPS) is 11.4. The Hall–Kier alpha value is -2.29. The number of carbonyl (C=O) groups excluding carboxylic acids is 1. The van der Waals surface area contributed by atoms with Gasteiger partial charge < -0.3 is 16.0 Å². The zero-order chi connectivity index (χ0) is 13.0. The number of likely N-dealkylation sites (N-methyl/N-ethyl adjacent to an activating group) is 1. The summed E-state index contributed by atoms with van der Waals surface area (Å²) in [6, 6.07) is 3.04. The minimum absolute atomic E-state index is 0.0736. The molecule has 1 aromatic heterocycles. The maximum Gasteiger partial charge on any atom is 0.244 e. The van der Waals surface area contributed by atoms with Crippen molar-refractivity contribution in [3.05, 3.63) is 17.8 Å². The van der Waals surface area contributed by atoms with Gasteiger partial charge in [0.05, 0.1) is 11.3 Å². The highest BCUT2D eigenvalue weighted by Gasteiger charge is 2.16. The van der Waals surface area contributed by atoms with Gasteiger partial charge in [0.2, 0.25) is 5.91 Å². The second kappa shape index (κ2) is 5.16. The molecule has 1 atom stereocenters. The number of pyridine rings is 1. The third-order valence-corrected chi connectivity index (χ3v) is 2.21. The first-order valence-corrected chi connectivity index (χ1v) is 5.09. The van der Waals surface area contributed by atoms with Crippen LogP contribution in [0, 0.1) is 11.3 Å². The van der Waals surface area contributed by atoms with Crippen molar-refractivity contribution in [2.75, 3.05) is 25.1 Å². The smallest absolute Gasteiger partial charge is 0.244 e. The number of carbonyl (C=O) groups is 1. The fourth-order valence-electron chi connectivity index (χ4n) is 1.32. The minimum atomic E-state index is -0.423. The van der Waals surface area contributed by atoms with E-state index in [1.165, 1.54) is 17.2 Å². The van der Waals surface area contributed by atoms with E-state index in [1.54, 1.807) is 21.0 Å². The molecule has 0 radical (unpaired) electrons. The van der Waals surface area contributed by atoms with E-state index in [-0.39, 0.29) is 5.91 Å². The number of rotatable bonds is 3. The monoisotopic (exact) mass is 233 g/mol. The van der Waals surface area contributed by atoms with Crippen LogP contribution in [0.2, 0.25) is 0 Å². The molecule has 6 nitrogen and oxygen atoms in total. The van der Waals surface area contributed by atoms with Crippen LogP contribution in [0.3, 0.4) is 0 Å². The lowest BCUT2D eigenvalue weighted by atomic mass is 10.2. The molecular formula is C11H15N5O. The molecule has 1 amide bonds. The molecule has 1 unspecified atom stereocenters. The van der Waals surface area contributed by atoms with E-state index in [2.05, 4.69) is 10.3 Å². The molecule has 17 heavy (non-hydrogen) atoms. The summed E-state index contributed by atoms with van der Waals surface area (Å²) in [5.41, 5.74) is 6.46. The SMILES string of the molecule is CC(Nc1ncc(C#N)cc1N)C(=O)N(C)C. The van der Waals surface area contributed by atoms with Gasteiger partial charge in [0.15, 0.2) is 0 Å². The Balaban J connectivity index is 2.83. The van der Waals surface area contributed by atoms with Crippen molar-refractivity contribution in [2.45, 2.75) is 13.0 Å². The van der Waals surface area contributed by atoms with Crippen LogP contribution in [0.1, 0.15) is 12.5 Å². The topological polar surface area (TPSA) is 95.0 Å². The fourth-order valence-corrected chi connectivity index (χ4v) is 1.32. The second-order valence-corrected chi connectivity index (χ2v) is 3.87. The molecule has 0 aliphatic carbocycles. The zero-order valence-electron chi connectivity index (χ0n) is 10.1. The van der Waals surface area contributed by atoms with Gasteiger partial charge in [-0.2, -0.15) is 5.26 Å². The third-order valence-electron chi connectivity index (χ3n) is 2.21. The van der Waals surface area contributed by atoms with Crippen molar-refractivity contribution in [1.29, 1.82) is 5.26 Å². The lowest BCUT2D eigenvalue weighted by Crippen LogP contribution is -2.37. The Bertz CT molecular complexity index is 463. The Labute approximate surface area is 100 Å². The summed E-state index contributed by atoms with van der Waals surface area (Å²) < 4.78 is 0. The van der Waals surface area contributed by atoms with E-state index < -0.39 is 6.04 Å². The molecule has 0 bridgehead atoms. The first-order valence-electron chi connectivity index (χ1n) is 5.09. The molecule has 0 aliphatic heterocycles. The third kappa shape index (κ3) is 3.08. The fraction of sp³-hybridized carbons (Fsp3) is 0.364. The number of hydrogen-bond acceptors (Lipinski definition) is 5. The number of nitrogens with zero attached hydrogens (tertiary/aromatic N) is 3. The van der Waals surface area contributed by atoms with Crippen molar-refractivity contribution >= 4 is 17.4 Å². The summed E-state index contributed by atoms with van der Waals surface area (Å²) in [5.74, 6) is 0.335. The van der Waals surface area contributed by atoms with Crippen LogP contribution >= 0.6 is 0 Å². The number of nitrogens with two attached hydrogens (primary N) is 1. The van der Waals surface area contributed by atoms with Crippen LogP contribution in [0.15, 0.2) is 12.3 Å².